The van der Waals surface area contributed by atoms with Crippen molar-refractivity contribution in [2.24, 2.45) is 11.8 Å². The summed E-state index contributed by atoms with van der Waals surface area (Å²) in [5, 5.41) is 11.7. The van der Waals surface area contributed by atoms with Crippen molar-refractivity contribution in [2.75, 3.05) is 27.2 Å². The Morgan fingerprint density at radius 1 is 1.39 bits per heavy atom. The number of hydrogen-bond acceptors (Lipinski definition) is 6. The van der Waals surface area contributed by atoms with E-state index in [0.29, 0.717) is 18.5 Å². The number of nitrogens with zero attached hydrogens (tertiary/aromatic N) is 6. The minimum atomic E-state index is 0.0849. The molecule has 1 N–H and O–H groups in total. The van der Waals surface area contributed by atoms with Crippen molar-refractivity contribution in [1.82, 2.24) is 35.1 Å². The van der Waals surface area contributed by atoms with Crippen LogP contribution in [0, 0.1) is 11.8 Å². The smallest absolute Gasteiger partial charge is 0.224 e. The molecular formula is C20H29N7O. The van der Waals surface area contributed by atoms with Crippen molar-refractivity contribution < 1.29 is 4.79 Å². The minimum Gasteiger partial charge on any atom is -0.352 e. The molecular weight excluding hydrogens is 354 g/mol. The Hall–Kier alpha value is -2.32. The van der Waals surface area contributed by atoms with Crippen LogP contribution in [0.15, 0.2) is 30.7 Å². The Morgan fingerprint density at radius 3 is 3.00 bits per heavy atom. The van der Waals surface area contributed by atoms with Crippen LogP contribution in [-0.4, -0.2) is 68.9 Å². The summed E-state index contributed by atoms with van der Waals surface area (Å²) in [6.07, 6.45) is 7.74. The van der Waals surface area contributed by atoms with Crippen LogP contribution in [0.2, 0.25) is 0 Å². The van der Waals surface area contributed by atoms with Crippen molar-refractivity contribution in [1.29, 1.82) is 0 Å². The van der Waals surface area contributed by atoms with Gasteiger partial charge in [0.2, 0.25) is 5.91 Å². The van der Waals surface area contributed by atoms with Gasteiger partial charge in [0.25, 0.3) is 0 Å². The van der Waals surface area contributed by atoms with Gasteiger partial charge in [-0.1, -0.05) is 11.3 Å². The molecule has 1 amide bonds. The van der Waals surface area contributed by atoms with Gasteiger partial charge in [-0.05, 0) is 51.0 Å². The monoisotopic (exact) mass is 383 g/mol. The second kappa shape index (κ2) is 8.36. The van der Waals surface area contributed by atoms with E-state index >= 15 is 0 Å². The van der Waals surface area contributed by atoms with Gasteiger partial charge in [0.05, 0.1) is 18.2 Å². The average molecular weight is 384 g/mol. The lowest BCUT2D eigenvalue weighted by Crippen LogP contribution is -2.58. The molecule has 0 saturated carbocycles. The third-order valence-corrected chi connectivity index (χ3v) is 5.87. The van der Waals surface area contributed by atoms with Gasteiger partial charge in [-0.3, -0.25) is 19.4 Å². The molecule has 4 atom stereocenters. The van der Waals surface area contributed by atoms with Crippen LogP contribution < -0.4 is 5.32 Å². The molecule has 4 unspecified atom stereocenters. The third-order valence-electron chi connectivity index (χ3n) is 5.87. The van der Waals surface area contributed by atoms with E-state index in [4.69, 9.17) is 0 Å². The fourth-order valence-corrected chi connectivity index (χ4v) is 4.49. The maximum Gasteiger partial charge on any atom is 0.224 e. The Morgan fingerprint density at radius 2 is 2.29 bits per heavy atom. The number of nitrogens with one attached hydrogen (secondary N) is 1. The second-order valence-electron chi connectivity index (χ2n) is 8.29. The van der Waals surface area contributed by atoms with Crippen LogP contribution in [0.1, 0.15) is 24.1 Å². The first kappa shape index (κ1) is 19.0. The Balaban J connectivity index is 1.31. The van der Waals surface area contributed by atoms with Crippen LogP contribution >= 0.6 is 0 Å². The molecule has 8 nitrogen and oxygen atoms in total. The van der Waals surface area contributed by atoms with Crippen molar-refractivity contribution in [3.05, 3.63) is 42.0 Å². The highest BCUT2D eigenvalue weighted by Crippen LogP contribution is 2.36. The molecule has 2 bridgehead atoms. The van der Waals surface area contributed by atoms with Crippen LogP contribution in [0.5, 0.6) is 0 Å². The fraction of sp³-hybridized carbons (Fsp3) is 0.600. The lowest BCUT2D eigenvalue weighted by Gasteiger charge is -2.49. The van der Waals surface area contributed by atoms with E-state index in [1.807, 2.05) is 37.1 Å². The summed E-state index contributed by atoms with van der Waals surface area (Å²) < 4.78 is 1.96. The number of fused-ring (bicyclic) bond motifs is 3. The van der Waals surface area contributed by atoms with Crippen LogP contribution in [0.25, 0.3) is 0 Å². The van der Waals surface area contributed by atoms with E-state index in [1.165, 1.54) is 0 Å². The molecule has 3 aliphatic rings. The molecule has 0 aromatic carbocycles. The first-order valence-corrected chi connectivity index (χ1v) is 10.0. The van der Waals surface area contributed by atoms with Gasteiger partial charge in [-0.25, -0.2) is 0 Å². The Labute approximate surface area is 165 Å². The molecule has 5 heterocycles. The number of aromatic nitrogens is 4. The van der Waals surface area contributed by atoms with Crippen LogP contribution in [0.3, 0.4) is 0 Å². The van der Waals surface area contributed by atoms with Gasteiger partial charge in [-0.2, -0.15) is 0 Å². The lowest BCUT2D eigenvalue weighted by atomic mass is 9.75. The molecule has 2 aromatic rings. The molecule has 3 fully saturated rings. The van der Waals surface area contributed by atoms with Gasteiger partial charge >= 0.3 is 0 Å². The molecule has 28 heavy (non-hydrogen) atoms. The van der Waals surface area contributed by atoms with Crippen LogP contribution in [0.4, 0.5) is 0 Å². The van der Waals surface area contributed by atoms with Crippen molar-refractivity contribution in [3.8, 4) is 0 Å². The fourth-order valence-electron chi connectivity index (χ4n) is 4.49. The predicted octanol–water partition coefficient (Wildman–Crippen LogP) is 0.762. The maximum atomic E-state index is 12.7. The molecule has 150 valence electrons. The van der Waals surface area contributed by atoms with Crippen molar-refractivity contribution in [3.63, 3.8) is 0 Å². The van der Waals surface area contributed by atoms with Gasteiger partial charge in [0.15, 0.2) is 0 Å². The summed E-state index contributed by atoms with van der Waals surface area (Å²) in [5.41, 5.74) is 2.03. The highest BCUT2D eigenvalue weighted by Gasteiger charge is 2.43. The number of carbonyl (C=O) groups is 1. The predicted molar refractivity (Wildman–Crippen MR) is 105 cm³/mol. The SMILES string of the molecule is CN(C)Cc1cn(CC2CC3CCN2CC3C(=O)NCc2cccnc2)nn1. The third kappa shape index (κ3) is 4.39. The van der Waals surface area contributed by atoms with Crippen molar-refractivity contribution >= 4 is 5.91 Å². The summed E-state index contributed by atoms with van der Waals surface area (Å²) in [5.74, 6) is 0.710. The number of piperidine rings is 3. The highest BCUT2D eigenvalue weighted by molar-refractivity contribution is 5.79. The zero-order valence-electron chi connectivity index (χ0n) is 16.7. The second-order valence-corrected chi connectivity index (χ2v) is 8.29. The topological polar surface area (TPSA) is 79.2 Å². The minimum absolute atomic E-state index is 0.0849. The van der Waals surface area contributed by atoms with E-state index in [-0.39, 0.29) is 11.8 Å². The zero-order valence-corrected chi connectivity index (χ0v) is 16.7. The van der Waals surface area contributed by atoms with Crippen LogP contribution in [-0.2, 0) is 24.4 Å². The number of hydrogen-bond donors (Lipinski definition) is 1. The summed E-state index contributed by atoms with van der Waals surface area (Å²) in [6.45, 7) is 4.11. The Bertz CT molecular complexity index is 791. The number of rotatable bonds is 7. The lowest BCUT2D eigenvalue weighted by molar-refractivity contribution is -0.133. The van der Waals surface area contributed by atoms with E-state index in [9.17, 15) is 4.79 Å². The van der Waals surface area contributed by atoms with Gasteiger partial charge in [0.1, 0.15) is 0 Å². The summed E-state index contributed by atoms with van der Waals surface area (Å²) in [4.78, 5) is 21.4. The molecule has 2 aromatic heterocycles. The molecule has 3 saturated heterocycles. The van der Waals surface area contributed by atoms with Gasteiger partial charge < -0.3 is 10.2 Å². The van der Waals surface area contributed by atoms with E-state index in [1.54, 1.807) is 12.4 Å². The van der Waals surface area contributed by atoms with Crippen molar-refractivity contribution in [2.45, 2.75) is 38.5 Å². The highest BCUT2D eigenvalue weighted by atomic mass is 16.1. The standard InChI is InChI=1S/C20H29N7O/c1-25(2)11-17-12-27(24-23-17)13-18-8-16-5-7-26(18)14-19(16)20(28)22-10-15-4-3-6-21-9-15/h3-4,6,9,12,16,18-19H,5,7-8,10-11,13-14H2,1-2H3,(H,22,28). The molecule has 0 aliphatic carbocycles. The van der Waals surface area contributed by atoms with E-state index < -0.39 is 0 Å². The summed E-state index contributed by atoms with van der Waals surface area (Å²) >= 11 is 0. The van der Waals surface area contributed by atoms with E-state index in [2.05, 4.69) is 30.4 Å². The molecule has 5 rings (SSSR count). The summed E-state index contributed by atoms with van der Waals surface area (Å²) in [7, 11) is 4.06. The zero-order chi connectivity index (χ0) is 19.5. The van der Waals surface area contributed by atoms with E-state index in [0.717, 1.165) is 50.3 Å². The first-order valence-electron chi connectivity index (χ1n) is 10.0. The largest absolute Gasteiger partial charge is 0.352 e. The Kier molecular flexibility index (Phi) is 5.68. The molecule has 8 heteroatoms. The molecule has 0 spiro atoms. The number of pyridine rings is 1. The molecule has 0 radical (unpaired) electrons. The molecule has 3 aliphatic heterocycles. The maximum absolute atomic E-state index is 12.7. The average Bonchev–Trinajstić information content (AvgIpc) is 3.13. The quantitative estimate of drug-likeness (QED) is 0.761. The van der Waals surface area contributed by atoms with Gasteiger partial charge in [-0.15, -0.1) is 5.10 Å². The normalized spacial score (nSPS) is 26.5. The van der Waals surface area contributed by atoms with Gasteiger partial charge in [0, 0.05) is 44.3 Å². The number of carbonyl (C=O) groups excluding carboxylic acids is 1. The number of amides is 1. The summed E-state index contributed by atoms with van der Waals surface area (Å²) in [6, 6.07) is 4.33. The first-order chi connectivity index (χ1) is 13.6.